The van der Waals surface area contributed by atoms with Crippen molar-refractivity contribution >= 4 is 23.1 Å². The predicted molar refractivity (Wildman–Crippen MR) is 127 cm³/mol. The summed E-state index contributed by atoms with van der Waals surface area (Å²) in [6.07, 6.45) is 6.31. The van der Waals surface area contributed by atoms with E-state index in [1.165, 1.54) is 16.7 Å². The van der Waals surface area contributed by atoms with Crippen LogP contribution in [0.1, 0.15) is 40.2 Å². The molecular weight excluding hydrogens is 422 g/mol. The lowest BCUT2D eigenvalue weighted by Gasteiger charge is -2.20. The quantitative estimate of drug-likeness (QED) is 0.622. The highest BCUT2D eigenvalue weighted by atomic mass is 32.1. The molecule has 32 heavy (non-hydrogen) atoms. The van der Waals surface area contributed by atoms with E-state index >= 15 is 0 Å². The number of thiazole rings is 1. The lowest BCUT2D eigenvalue weighted by atomic mass is 9.93. The molecule has 3 heterocycles. The van der Waals surface area contributed by atoms with Crippen molar-refractivity contribution in [3.8, 4) is 5.75 Å². The molecule has 6 nitrogen and oxygen atoms in total. The second-order valence-corrected chi connectivity index (χ2v) is 9.53. The van der Waals surface area contributed by atoms with Crippen molar-refractivity contribution in [2.45, 2.75) is 45.4 Å². The summed E-state index contributed by atoms with van der Waals surface area (Å²) in [4.78, 5) is 19.4. The molecule has 0 spiro atoms. The zero-order valence-corrected chi connectivity index (χ0v) is 19.0. The maximum Gasteiger partial charge on any atom is 0.258 e. The molecule has 0 saturated carbocycles. The van der Waals surface area contributed by atoms with Gasteiger partial charge in [-0.15, -0.1) is 11.3 Å². The fourth-order valence-corrected chi connectivity index (χ4v) is 5.12. The molecule has 0 radical (unpaired) electrons. The average Bonchev–Trinajstić information content (AvgIpc) is 3.39. The van der Waals surface area contributed by atoms with Crippen LogP contribution in [0, 0.1) is 6.92 Å². The predicted octanol–water partition coefficient (Wildman–Crippen LogP) is 3.70. The number of rotatable bonds is 6. The van der Waals surface area contributed by atoms with E-state index in [9.17, 15) is 9.90 Å². The number of likely N-dealkylation sites (tertiary alicyclic amines) is 1. The summed E-state index contributed by atoms with van der Waals surface area (Å²) in [5.74, 6) is 0.563. The molecule has 1 aliphatic carbocycles. The number of hydrogen-bond donors (Lipinski definition) is 1. The van der Waals surface area contributed by atoms with Gasteiger partial charge in [0.05, 0.1) is 6.10 Å². The van der Waals surface area contributed by atoms with Crippen LogP contribution in [-0.4, -0.2) is 38.8 Å². The minimum atomic E-state index is -0.190. The van der Waals surface area contributed by atoms with Crippen molar-refractivity contribution in [3.63, 3.8) is 0 Å². The van der Waals surface area contributed by atoms with Gasteiger partial charge < -0.3 is 9.84 Å². The molecule has 0 amide bonds. The van der Waals surface area contributed by atoms with Crippen LogP contribution in [0.15, 0.2) is 46.7 Å². The summed E-state index contributed by atoms with van der Waals surface area (Å²) in [7, 11) is 0. The minimum Gasteiger partial charge on any atom is -0.486 e. The standard InChI is InChI=1S/C25H27N3O3S/c1-17-16-32-24(26-17)15-31-23-7-9-28(25(30)12-23)21-5-4-19-10-18(2-3-20(19)11-21)13-27-8-6-22(29)14-27/h2-3,7,9-12,16,22,29H,4-6,8,13-15H2,1H3/t22-/m0/s1. The van der Waals surface area contributed by atoms with Gasteiger partial charge in [0.1, 0.15) is 17.4 Å². The molecule has 2 aromatic heterocycles. The Kier molecular flexibility index (Phi) is 5.95. The normalized spacial score (nSPS) is 18.4. The number of aryl methyl sites for hydroxylation is 2. The van der Waals surface area contributed by atoms with E-state index in [2.05, 4.69) is 34.2 Å². The first-order valence-corrected chi connectivity index (χ1v) is 11.9. The highest BCUT2D eigenvalue weighted by molar-refractivity contribution is 7.09. The van der Waals surface area contributed by atoms with Gasteiger partial charge in [0.2, 0.25) is 0 Å². The molecule has 166 valence electrons. The molecule has 0 bridgehead atoms. The van der Waals surface area contributed by atoms with Crippen LogP contribution in [0.25, 0.3) is 11.8 Å². The second kappa shape index (κ2) is 9.02. The molecule has 7 heteroatoms. The number of hydrogen-bond acceptors (Lipinski definition) is 6. The smallest absolute Gasteiger partial charge is 0.258 e. The number of β-amino-alcohol motifs (C(OH)–C–C–N with tert-alkyl or cyclic N) is 1. The van der Waals surface area contributed by atoms with Crippen LogP contribution >= 0.6 is 11.3 Å². The van der Waals surface area contributed by atoms with Crippen LogP contribution in [0.4, 0.5) is 0 Å². The third kappa shape index (κ3) is 4.70. The monoisotopic (exact) mass is 449 g/mol. The van der Waals surface area contributed by atoms with Gasteiger partial charge in [-0.25, -0.2) is 4.98 Å². The Morgan fingerprint density at radius 2 is 2.16 bits per heavy atom. The molecule has 1 N–H and O–H groups in total. The van der Waals surface area contributed by atoms with Crippen LogP contribution in [0.5, 0.6) is 5.75 Å². The first-order valence-electron chi connectivity index (χ1n) is 11.0. The molecule has 0 unspecified atom stereocenters. The van der Waals surface area contributed by atoms with Gasteiger partial charge in [-0.2, -0.15) is 0 Å². The van der Waals surface area contributed by atoms with Crippen molar-refractivity contribution in [1.29, 1.82) is 0 Å². The first-order chi connectivity index (χ1) is 15.5. The number of aliphatic hydroxyl groups is 1. The van der Waals surface area contributed by atoms with E-state index in [1.807, 2.05) is 18.4 Å². The van der Waals surface area contributed by atoms with Gasteiger partial charge in [0.25, 0.3) is 5.56 Å². The Balaban J connectivity index is 1.28. The Bertz CT molecular complexity index is 1210. The third-order valence-electron chi connectivity index (χ3n) is 6.06. The Morgan fingerprint density at radius 3 is 2.91 bits per heavy atom. The summed E-state index contributed by atoms with van der Waals surface area (Å²) < 4.78 is 7.47. The topological polar surface area (TPSA) is 67.6 Å². The van der Waals surface area contributed by atoms with E-state index in [0.717, 1.165) is 55.3 Å². The molecule has 3 aromatic rings. The van der Waals surface area contributed by atoms with Gasteiger partial charge in [-0.1, -0.05) is 18.2 Å². The van der Waals surface area contributed by atoms with Crippen molar-refractivity contribution in [2.24, 2.45) is 0 Å². The maximum absolute atomic E-state index is 12.7. The summed E-state index contributed by atoms with van der Waals surface area (Å²) >= 11 is 1.56. The zero-order chi connectivity index (χ0) is 22.1. The molecule has 2 aliphatic rings. The number of pyridine rings is 1. The highest BCUT2D eigenvalue weighted by Crippen LogP contribution is 2.28. The summed E-state index contributed by atoms with van der Waals surface area (Å²) in [5, 5.41) is 12.6. The van der Waals surface area contributed by atoms with E-state index in [-0.39, 0.29) is 11.7 Å². The molecule has 1 fully saturated rings. The fourth-order valence-electron chi connectivity index (χ4n) is 4.44. The summed E-state index contributed by atoms with van der Waals surface area (Å²) in [5.41, 5.74) is 5.66. The molecule has 5 rings (SSSR count). The zero-order valence-electron chi connectivity index (χ0n) is 18.2. The Morgan fingerprint density at radius 1 is 1.25 bits per heavy atom. The molecule has 1 saturated heterocycles. The van der Waals surface area contributed by atoms with Gasteiger partial charge >= 0.3 is 0 Å². The van der Waals surface area contributed by atoms with Crippen LogP contribution in [-0.2, 0) is 19.6 Å². The van der Waals surface area contributed by atoms with Crippen molar-refractivity contribution < 1.29 is 9.84 Å². The largest absolute Gasteiger partial charge is 0.486 e. The molecule has 1 aliphatic heterocycles. The molecule has 1 aromatic carbocycles. The van der Waals surface area contributed by atoms with Gasteiger partial charge in [-0.05, 0) is 55.0 Å². The number of allylic oxidation sites excluding steroid dienone is 1. The van der Waals surface area contributed by atoms with Crippen LogP contribution in [0.2, 0.25) is 0 Å². The first kappa shape index (κ1) is 21.1. The third-order valence-corrected chi connectivity index (χ3v) is 7.00. The Labute approximate surface area is 191 Å². The number of ether oxygens (including phenoxy) is 1. The second-order valence-electron chi connectivity index (χ2n) is 8.59. The minimum absolute atomic E-state index is 0.0864. The van der Waals surface area contributed by atoms with Crippen molar-refractivity contribution in [1.82, 2.24) is 14.5 Å². The maximum atomic E-state index is 12.7. The SMILES string of the molecule is Cc1csc(COc2ccn(C3=Cc4ccc(CN5CC[C@H](O)C5)cc4CC3)c(=O)c2)n1. The van der Waals surface area contributed by atoms with E-state index in [0.29, 0.717) is 12.4 Å². The van der Waals surface area contributed by atoms with E-state index in [1.54, 1.807) is 28.2 Å². The van der Waals surface area contributed by atoms with E-state index in [4.69, 9.17) is 4.74 Å². The number of benzene rings is 1. The lowest BCUT2D eigenvalue weighted by Crippen LogP contribution is -2.22. The number of aliphatic hydroxyl groups excluding tert-OH is 1. The van der Waals surface area contributed by atoms with Gasteiger partial charge in [-0.3, -0.25) is 14.3 Å². The van der Waals surface area contributed by atoms with Crippen LogP contribution < -0.4 is 10.3 Å². The summed E-state index contributed by atoms with van der Waals surface area (Å²) in [6, 6.07) is 9.96. The number of aromatic nitrogens is 2. The molecular formula is C25H27N3O3S. The van der Waals surface area contributed by atoms with Gasteiger partial charge in [0.15, 0.2) is 0 Å². The van der Waals surface area contributed by atoms with Crippen molar-refractivity contribution in [2.75, 3.05) is 13.1 Å². The highest BCUT2D eigenvalue weighted by Gasteiger charge is 2.20. The summed E-state index contributed by atoms with van der Waals surface area (Å²) in [6.45, 7) is 4.91. The number of nitrogens with zero attached hydrogens (tertiary/aromatic N) is 3. The fraction of sp³-hybridized carbons (Fsp3) is 0.360. The van der Waals surface area contributed by atoms with Gasteiger partial charge in [0, 0.05) is 48.7 Å². The lowest BCUT2D eigenvalue weighted by molar-refractivity contribution is 0.175. The van der Waals surface area contributed by atoms with E-state index < -0.39 is 0 Å². The Hall–Kier alpha value is -2.74. The average molecular weight is 450 g/mol. The van der Waals surface area contributed by atoms with Crippen LogP contribution in [0.3, 0.4) is 0 Å². The number of fused-ring (bicyclic) bond motifs is 1. The van der Waals surface area contributed by atoms with Crippen molar-refractivity contribution in [3.05, 3.63) is 79.7 Å². The molecule has 1 atom stereocenters.